The van der Waals surface area contributed by atoms with Crippen molar-refractivity contribution in [1.29, 1.82) is 0 Å². The van der Waals surface area contributed by atoms with E-state index in [2.05, 4.69) is 17.0 Å². The lowest BCUT2D eigenvalue weighted by Gasteiger charge is -2.13. The maximum atomic E-state index is 12.1. The van der Waals surface area contributed by atoms with E-state index in [9.17, 15) is 4.79 Å². The maximum absolute atomic E-state index is 12.1. The number of nitrogens with zero attached hydrogens (tertiary/aromatic N) is 3. The molecule has 1 heterocycles. The molecule has 2 unspecified atom stereocenters. The van der Waals surface area contributed by atoms with E-state index in [0.717, 1.165) is 18.8 Å². The van der Waals surface area contributed by atoms with Gasteiger partial charge in [0.05, 0.1) is 6.42 Å². The van der Waals surface area contributed by atoms with Gasteiger partial charge in [0.1, 0.15) is 17.9 Å². The molecule has 2 rings (SSSR count). The van der Waals surface area contributed by atoms with Crippen molar-refractivity contribution in [3.8, 4) is 0 Å². The van der Waals surface area contributed by atoms with Crippen LogP contribution < -0.4 is 0 Å². The topological polar surface area (TPSA) is 47.8 Å². The molecule has 88 valence electrons. The normalized spacial score (nSPS) is 24.9. The molecule has 0 spiro atoms. The highest BCUT2D eigenvalue weighted by molar-refractivity contribution is 5.83. The van der Waals surface area contributed by atoms with Crippen molar-refractivity contribution in [2.45, 2.75) is 46.1 Å². The van der Waals surface area contributed by atoms with Crippen LogP contribution in [0, 0.1) is 11.8 Å². The smallest absolute Gasteiger partial charge is 0.143 e. The van der Waals surface area contributed by atoms with Crippen molar-refractivity contribution in [2.24, 2.45) is 11.8 Å². The third-order valence-corrected chi connectivity index (χ3v) is 3.60. The van der Waals surface area contributed by atoms with Crippen molar-refractivity contribution < 1.29 is 4.79 Å². The number of hydrogen-bond donors (Lipinski definition) is 0. The first-order chi connectivity index (χ1) is 7.72. The summed E-state index contributed by atoms with van der Waals surface area (Å²) in [6.07, 6.45) is 5.42. The fourth-order valence-electron chi connectivity index (χ4n) is 2.60. The second kappa shape index (κ2) is 4.76. The molecule has 1 saturated carbocycles. The van der Waals surface area contributed by atoms with E-state index in [1.165, 1.54) is 19.2 Å². The molecule has 1 aliphatic carbocycles. The fourth-order valence-corrected chi connectivity index (χ4v) is 2.60. The average molecular weight is 221 g/mol. The van der Waals surface area contributed by atoms with Crippen LogP contribution in [0.1, 0.15) is 38.9 Å². The van der Waals surface area contributed by atoms with Crippen molar-refractivity contribution in [1.82, 2.24) is 14.8 Å². The Morgan fingerprint density at radius 1 is 1.56 bits per heavy atom. The highest BCUT2D eigenvalue weighted by Crippen LogP contribution is 2.32. The summed E-state index contributed by atoms with van der Waals surface area (Å²) < 4.78 is 1.80. The Morgan fingerprint density at radius 2 is 2.38 bits per heavy atom. The standard InChI is InChI=1S/C12H19N3O/c1-3-15-12(13-8-14-15)7-11(16)10-6-4-5-9(10)2/h8-10H,3-7H2,1-2H3. The molecule has 0 amide bonds. The van der Waals surface area contributed by atoms with E-state index in [1.54, 1.807) is 4.68 Å². The van der Waals surface area contributed by atoms with Gasteiger partial charge in [-0.2, -0.15) is 5.10 Å². The Labute approximate surface area is 96.1 Å². The summed E-state index contributed by atoms with van der Waals surface area (Å²) in [7, 11) is 0. The van der Waals surface area contributed by atoms with Gasteiger partial charge in [0.15, 0.2) is 0 Å². The molecule has 0 radical (unpaired) electrons. The molecular weight excluding hydrogens is 202 g/mol. The second-order valence-electron chi connectivity index (χ2n) is 4.65. The third-order valence-electron chi connectivity index (χ3n) is 3.60. The van der Waals surface area contributed by atoms with Crippen LogP contribution in [-0.2, 0) is 17.8 Å². The van der Waals surface area contributed by atoms with Crippen LogP contribution in [0.15, 0.2) is 6.33 Å². The molecule has 0 saturated heterocycles. The van der Waals surface area contributed by atoms with Crippen molar-refractivity contribution in [2.75, 3.05) is 0 Å². The Bertz CT molecular complexity index is 372. The van der Waals surface area contributed by atoms with Gasteiger partial charge in [-0.15, -0.1) is 0 Å². The lowest BCUT2D eigenvalue weighted by atomic mass is 9.92. The van der Waals surface area contributed by atoms with Gasteiger partial charge in [-0.1, -0.05) is 13.3 Å². The number of ketones is 1. The number of hydrogen-bond acceptors (Lipinski definition) is 3. The molecule has 0 N–H and O–H groups in total. The summed E-state index contributed by atoms with van der Waals surface area (Å²) in [6.45, 7) is 4.98. The van der Waals surface area contributed by atoms with E-state index < -0.39 is 0 Å². The first-order valence-corrected chi connectivity index (χ1v) is 6.11. The zero-order chi connectivity index (χ0) is 11.5. The number of aromatic nitrogens is 3. The quantitative estimate of drug-likeness (QED) is 0.779. The zero-order valence-corrected chi connectivity index (χ0v) is 10.0. The Balaban J connectivity index is 2.02. The second-order valence-corrected chi connectivity index (χ2v) is 4.65. The minimum absolute atomic E-state index is 0.252. The van der Waals surface area contributed by atoms with Crippen LogP contribution in [0.25, 0.3) is 0 Å². The van der Waals surface area contributed by atoms with Gasteiger partial charge in [0.2, 0.25) is 0 Å². The molecule has 1 aromatic heterocycles. The van der Waals surface area contributed by atoms with Gasteiger partial charge in [-0.3, -0.25) is 4.79 Å². The molecule has 1 aromatic rings. The van der Waals surface area contributed by atoms with Crippen LogP contribution in [0.5, 0.6) is 0 Å². The highest BCUT2D eigenvalue weighted by Gasteiger charge is 2.30. The molecule has 4 nitrogen and oxygen atoms in total. The molecule has 1 fully saturated rings. The van der Waals surface area contributed by atoms with Gasteiger partial charge in [-0.25, -0.2) is 9.67 Å². The molecule has 1 aliphatic rings. The van der Waals surface area contributed by atoms with Crippen molar-refractivity contribution in [3.63, 3.8) is 0 Å². The molecule has 0 aromatic carbocycles. The average Bonchev–Trinajstić information content (AvgIpc) is 2.86. The first-order valence-electron chi connectivity index (χ1n) is 6.11. The first kappa shape index (κ1) is 11.3. The predicted molar refractivity (Wildman–Crippen MR) is 60.9 cm³/mol. The predicted octanol–water partition coefficient (Wildman–Crippen LogP) is 1.85. The number of carbonyl (C=O) groups excluding carboxylic acids is 1. The summed E-state index contributed by atoms with van der Waals surface area (Å²) in [4.78, 5) is 16.3. The minimum Gasteiger partial charge on any atom is -0.299 e. The number of carbonyl (C=O) groups is 1. The van der Waals surface area contributed by atoms with Gasteiger partial charge in [-0.05, 0) is 25.7 Å². The Kier molecular flexibility index (Phi) is 3.36. The number of Topliss-reactive ketones (excluding diaryl/α,β-unsaturated/α-hetero) is 1. The summed E-state index contributed by atoms with van der Waals surface area (Å²) >= 11 is 0. The van der Waals surface area contributed by atoms with Gasteiger partial charge >= 0.3 is 0 Å². The molecule has 0 aliphatic heterocycles. The van der Waals surface area contributed by atoms with Gasteiger partial charge < -0.3 is 0 Å². The van der Waals surface area contributed by atoms with E-state index in [-0.39, 0.29) is 5.92 Å². The van der Waals surface area contributed by atoms with E-state index in [4.69, 9.17) is 0 Å². The van der Waals surface area contributed by atoms with Crippen molar-refractivity contribution >= 4 is 5.78 Å². The van der Waals surface area contributed by atoms with Crippen LogP contribution in [0.4, 0.5) is 0 Å². The summed E-state index contributed by atoms with van der Waals surface area (Å²) in [5.41, 5.74) is 0. The van der Waals surface area contributed by atoms with Crippen LogP contribution in [0.2, 0.25) is 0 Å². The van der Waals surface area contributed by atoms with Crippen LogP contribution in [0.3, 0.4) is 0 Å². The Morgan fingerprint density at radius 3 is 3.00 bits per heavy atom. The summed E-state index contributed by atoms with van der Waals surface area (Å²) in [5, 5.41) is 4.09. The molecule has 2 atom stereocenters. The van der Waals surface area contributed by atoms with Crippen LogP contribution in [-0.4, -0.2) is 20.5 Å². The molecule has 4 heteroatoms. The lowest BCUT2D eigenvalue weighted by molar-refractivity contribution is -0.123. The van der Waals surface area contributed by atoms with E-state index >= 15 is 0 Å². The van der Waals surface area contributed by atoms with E-state index in [1.807, 2.05) is 6.92 Å². The fraction of sp³-hybridized carbons (Fsp3) is 0.750. The Hall–Kier alpha value is -1.19. The maximum Gasteiger partial charge on any atom is 0.143 e. The van der Waals surface area contributed by atoms with E-state index in [0.29, 0.717) is 18.1 Å². The van der Waals surface area contributed by atoms with Crippen molar-refractivity contribution in [3.05, 3.63) is 12.2 Å². The zero-order valence-electron chi connectivity index (χ0n) is 10.0. The number of rotatable bonds is 4. The molecule has 16 heavy (non-hydrogen) atoms. The van der Waals surface area contributed by atoms with Gasteiger partial charge in [0.25, 0.3) is 0 Å². The lowest BCUT2D eigenvalue weighted by Crippen LogP contribution is -2.21. The molecule has 0 bridgehead atoms. The third kappa shape index (κ3) is 2.15. The van der Waals surface area contributed by atoms with Gasteiger partial charge in [0, 0.05) is 12.5 Å². The summed E-state index contributed by atoms with van der Waals surface area (Å²) in [5.74, 6) is 1.95. The summed E-state index contributed by atoms with van der Waals surface area (Å²) in [6, 6.07) is 0. The SMILES string of the molecule is CCn1ncnc1CC(=O)C1CCCC1C. The number of aryl methyl sites for hydroxylation is 1. The largest absolute Gasteiger partial charge is 0.299 e. The highest BCUT2D eigenvalue weighted by atomic mass is 16.1. The minimum atomic E-state index is 0.252. The monoisotopic (exact) mass is 221 g/mol. The molecular formula is C12H19N3O. The van der Waals surface area contributed by atoms with Crippen LogP contribution >= 0.6 is 0 Å².